The van der Waals surface area contributed by atoms with Crippen molar-refractivity contribution in [3.8, 4) is 0 Å². The molecule has 0 radical (unpaired) electrons. The Morgan fingerprint density at radius 3 is 2.81 bits per heavy atom. The molecule has 2 atom stereocenters. The summed E-state index contributed by atoms with van der Waals surface area (Å²) in [5, 5.41) is 0.649. The Hall–Kier alpha value is -1.45. The molecule has 1 heterocycles. The number of thioether (sulfide) groups is 1. The lowest BCUT2D eigenvalue weighted by Gasteiger charge is -2.27. The largest absolute Gasteiger partial charge is 0.399 e. The van der Waals surface area contributed by atoms with Crippen LogP contribution in [-0.4, -0.2) is 23.7 Å². The maximum Gasteiger partial charge on any atom is 0.0318 e. The van der Waals surface area contributed by atoms with E-state index in [1.807, 2.05) is 23.9 Å². The molecular weight excluding hydrogens is 276 g/mol. The van der Waals surface area contributed by atoms with Crippen LogP contribution in [0.1, 0.15) is 24.1 Å². The Bertz CT molecular complexity index is 601. The number of anilines is 1. The number of hydrogen-bond donors (Lipinski definition) is 1. The second kappa shape index (κ2) is 6.12. The lowest BCUT2D eigenvalue weighted by atomic mass is 10.1. The Labute approximate surface area is 131 Å². The number of benzene rings is 2. The van der Waals surface area contributed by atoms with E-state index in [1.165, 1.54) is 22.4 Å². The highest BCUT2D eigenvalue weighted by atomic mass is 32.2. The van der Waals surface area contributed by atoms with Crippen LogP contribution in [0.2, 0.25) is 0 Å². The fourth-order valence-electron chi connectivity index (χ4n) is 2.91. The van der Waals surface area contributed by atoms with E-state index in [0.29, 0.717) is 11.3 Å². The second-order valence-electron chi connectivity index (χ2n) is 5.84. The Morgan fingerprint density at radius 1 is 1.24 bits per heavy atom. The van der Waals surface area contributed by atoms with Crippen molar-refractivity contribution >= 4 is 17.4 Å². The lowest BCUT2D eigenvalue weighted by molar-refractivity contribution is 0.262. The van der Waals surface area contributed by atoms with Crippen LogP contribution in [-0.2, 0) is 6.42 Å². The van der Waals surface area contributed by atoms with Gasteiger partial charge in [0.15, 0.2) is 0 Å². The van der Waals surface area contributed by atoms with Crippen molar-refractivity contribution in [1.29, 1.82) is 0 Å². The zero-order valence-electron chi connectivity index (χ0n) is 12.6. The number of hydrogen-bond acceptors (Lipinski definition) is 3. The first-order chi connectivity index (χ1) is 10.1. The fraction of sp³-hybridized carbons (Fsp3) is 0.333. The normalized spacial score (nSPS) is 18.7. The smallest absolute Gasteiger partial charge is 0.0318 e. The maximum atomic E-state index is 5.90. The highest BCUT2D eigenvalue weighted by Crippen LogP contribution is 2.37. The molecule has 2 unspecified atom stereocenters. The molecule has 2 aromatic carbocycles. The van der Waals surface area contributed by atoms with Gasteiger partial charge in [0, 0.05) is 28.4 Å². The molecule has 2 N–H and O–H groups in total. The molecule has 0 spiro atoms. The van der Waals surface area contributed by atoms with Gasteiger partial charge in [-0.1, -0.05) is 30.3 Å². The van der Waals surface area contributed by atoms with Crippen LogP contribution in [0.25, 0.3) is 0 Å². The zero-order chi connectivity index (χ0) is 14.8. The van der Waals surface area contributed by atoms with Gasteiger partial charge in [0.05, 0.1) is 0 Å². The summed E-state index contributed by atoms with van der Waals surface area (Å²) in [6.45, 7) is 3.34. The van der Waals surface area contributed by atoms with Crippen molar-refractivity contribution in [2.45, 2.75) is 29.5 Å². The molecule has 3 heteroatoms. The molecule has 3 rings (SSSR count). The summed E-state index contributed by atoms with van der Waals surface area (Å²) in [5.74, 6) is 0. The summed E-state index contributed by atoms with van der Waals surface area (Å²) in [5.41, 5.74) is 9.53. The van der Waals surface area contributed by atoms with Gasteiger partial charge in [0.2, 0.25) is 0 Å². The summed E-state index contributed by atoms with van der Waals surface area (Å²) in [6, 6.07) is 17.4. The monoisotopic (exact) mass is 298 g/mol. The van der Waals surface area contributed by atoms with Gasteiger partial charge in [0.1, 0.15) is 0 Å². The highest BCUT2D eigenvalue weighted by molar-refractivity contribution is 8.00. The molecule has 21 heavy (non-hydrogen) atoms. The van der Waals surface area contributed by atoms with E-state index in [0.717, 1.165) is 12.2 Å². The number of rotatable bonds is 4. The van der Waals surface area contributed by atoms with Crippen molar-refractivity contribution in [2.75, 3.05) is 19.3 Å². The van der Waals surface area contributed by atoms with Crippen LogP contribution in [0.15, 0.2) is 53.4 Å². The first-order valence-electron chi connectivity index (χ1n) is 7.43. The van der Waals surface area contributed by atoms with E-state index in [-0.39, 0.29) is 0 Å². The third-order valence-corrected chi connectivity index (χ3v) is 5.56. The van der Waals surface area contributed by atoms with Gasteiger partial charge in [-0.25, -0.2) is 0 Å². The third-order valence-electron chi connectivity index (χ3n) is 4.26. The third kappa shape index (κ3) is 3.25. The summed E-state index contributed by atoms with van der Waals surface area (Å²) in [7, 11) is 2.21. The molecule has 0 saturated heterocycles. The van der Waals surface area contributed by atoms with E-state index in [1.54, 1.807) is 0 Å². The van der Waals surface area contributed by atoms with Gasteiger partial charge in [-0.2, -0.15) is 0 Å². The fourth-order valence-corrected chi connectivity index (χ4v) is 4.30. The summed E-state index contributed by atoms with van der Waals surface area (Å²) in [6.07, 6.45) is 1.18. The summed E-state index contributed by atoms with van der Waals surface area (Å²) < 4.78 is 0. The van der Waals surface area contributed by atoms with E-state index in [2.05, 4.69) is 55.3 Å². The Balaban J connectivity index is 1.64. The minimum atomic E-state index is 0.387. The van der Waals surface area contributed by atoms with Gasteiger partial charge in [-0.05, 0) is 49.7 Å². The number of nitrogen functional groups attached to an aromatic ring is 1. The maximum absolute atomic E-state index is 5.90. The zero-order valence-corrected chi connectivity index (χ0v) is 13.4. The number of nitrogens with zero attached hydrogens (tertiary/aromatic N) is 1. The van der Waals surface area contributed by atoms with Crippen molar-refractivity contribution in [1.82, 2.24) is 4.90 Å². The van der Waals surface area contributed by atoms with Crippen LogP contribution >= 0.6 is 11.8 Å². The van der Waals surface area contributed by atoms with Crippen molar-refractivity contribution in [3.63, 3.8) is 0 Å². The van der Waals surface area contributed by atoms with Crippen LogP contribution in [0.3, 0.4) is 0 Å². The first-order valence-corrected chi connectivity index (χ1v) is 8.31. The number of nitrogens with two attached hydrogens (primary N) is 1. The molecule has 0 aromatic heterocycles. The van der Waals surface area contributed by atoms with Gasteiger partial charge in [0.25, 0.3) is 0 Å². The van der Waals surface area contributed by atoms with Gasteiger partial charge >= 0.3 is 0 Å². The van der Waals surface area contributed by atoms with Crippen LogP contribution in [0, 0.1) is 0 Å². The average molecular weight is 298 g/mol. The lowest BCUT2D eigenvalue weighted by Crippen LogP contribution is -2.29. The summed E-state index contributed by atoms with van der Waals surface area (Å²) in [4.78, 5) is 3.88. The summed E-state index contributed by atoms with van der Waals surface area (Å²) >= 11 is 2.01. The van der Waals surface area contributed by atoms with E-state index in [4.69, 9.17) is 5.73 Å². The minimum Gasteiger partial charge on any atom is -0.399 e. The van der Waals surface area contributed by atoms with E-state index in [9.17, 15) is 0 Å². The topological polar surface area (TPSA) is 29.3 Å². The van der Waals surface area contributed by atoms with Crippen LogP contribution in [0.5, 0.6) is 0 Å². The number of fused-ring (bicyclic) bond motifs is 1. The molecule has 2 aromatic rings. The molecule has 0 fully saturated rings. The van der Waals surface area contributed by atoms with Crippen LogP contribution < -0.4 is 5.73 Å². The van der Waals surface area contributed by atoms with Crippen LogP contribution in [0.4, 0.5) is 5.69 Å². The highest BCUT2D eigenvalue weighted by Gasteiger charge is 2.24. The van der Waals surface area contributed by atoms with Gasteiger partial charge in [-0.15, -0.1) is 11.8 Å². The standard InChI is InChI=1S/C18H22N2S/c1-13(14-7-5-8-16(19)10-14)20(2)12-17-11-15-6-3-4-9-18(15)21-17/h3-10,13,17H,11-12,19H2,1-2H3. The predicted molar refractivity (Wildman–Crippen MR) is 91.7 cm³/mol. The molecular formula is C18H22N2S. The van der Waals surface area contributed by atoms with E-state index >= 15 is 0 Å². The molecule has 2 nitrogen and oxygen atoms in total. The van der Waals surface area contributed by atoms with Gasteiger partial charge in [-0.3, -0.25) is 4.90 Å². The molecule has 1 aliphatic heterocycles. The van der Waals surface area contributed by atoms with Crippen molar-refractivity contribution in [3.05, 3.63) is 59.7 Å². The van der Waals surface area contributed by atoms with E-state index < -0.39 is 0 Å². The Kier molecular flexibility index (Phi) is 4.22. The van der Waals surface area contributed by atoms with Crippen molar-refractivity contribution < 1.29 is 0 Å². The van der Waals surface area contributed by atoms with Gasteiger partial charge < -0.3 is 5.73 Å². The minimum absolute atomic E-state index is 0.387. The van der Waals surface area contributed by atoms with Crippen molar-refractivity contribution in [2.24, 2.45) is 0 Å². The second-order valence-corrected chi connectivity index (χ2v) is 7.18. The molecule has 0 aliphatic carbocycles. The average Bonchev–Trinajstić information content (AvgIpc) is 2.88. The molecule has 0 amide bonds. The molecule has 1 aliphatic rings. The SMILES string of the molecule is CC(c1cccc(N)c1)N(C)CC1Cc2ccccc2S1. The predicted octanol–water partition coefficient (Wildman–Crippen LogP) is 3.98. The quantitative estimate of drug-likeness (QED) is 0.866. The molecule has 0 bridgehead atoms. The molecule has 0 saturated carbocycles. The Morgan fingerprint density at radius 2 is 2.05 bits per heavy atom. The molecule has 110 valence electrons. The first kappa shape index (κ1) is 14.5.